The first-order valence-electron chi connectivity index (χ1n) is 5.77. The molecule has 0 atom stereocenters. The molecule has 20 heavy (non-hydrogen) atoms. The third-order valence-corrected chi connectivity index (χ3v) is 4.50. The number of rotatable bonds is 4. The number of hydrogen-bond donors (Lipinski definition) is 0. The highest BCUT2D eigenvalue weighted by atomic mass is 79.9. The van der Waals surface area contributed by atoms with Gasteiger partial charge in [-0.05, 0) is 53.2 Å². The lowest BCUT2D eigenvalue weighted by atomic mass is 10.2. The van der Waals surface area contributed by atoms with Gasteiger partial charge in [-0.25, -0.2) is 0 Å². The maximum absolute atomic E-state index is 12.2. The van der Waals surface area contributed by atoms with Crippen molar-refractivity contribution in [2.75, 3.05) is 7.11 Å². The van der Waals surface area contributed by atoms with Crippen molar-refractivity contribution in [1.29, 1.82) is 0 Å². The van der Waals surface area contributed by atoms with Gasteiger partial charge in [0.25, 0.3) is 0 Å². The van der Waals surface area contributed by atoms with Crippen LogP contribution in [0.15, 0.2) is 51.8 Å². The van der Waals surface area contributed by atoms with Crippen molar-refractivity contribution in [3.05, 3.63) is 52.5 Å². The molecule has 0 radical (unpaired) electrons. The summed E-state index contributed by atoms with van der Waals surface area (Å²) < 4.78 is 35.0. The number of halogens is 1. The van der Waals surface area contributed by atoms with Crippen molar-refractivity contribution in [1.82, 2.24) is 0 Å². The fraction of sp³-hybridized carbons (Fsp3) is 0.143. The van der Waals surface area contributed by atoms with E-state index in [4.69, 9.17) is 8.92 Å². The van der Waals surface area contributed by atoms with Crippen LogP contribution in [0.4, 0.5) is 0 Å². The van der Waals surface area contributed by atoms with E-state index in [0.717, 1.165) is 5.56 Å². The average molecular weight is 357 g/mol. The quantitative estimate of drug-likeness (QED) is 0.786. The summed E-state index contributed by atoms with van der Waals surface area (Å²) >= 11 is 3.25. The molecule has 2 aromatic rings. The third kappa shape index (κ3) is 3.32. The molecule has 0 heterocycles. The Bertz CT molecular complexity index is 708. The highest BCUT2D eigenvalue weighted by Crippen LogP contribution is 2.28. The van der Waals surface area contributed by atoms with Crippen molar-refractivity contribution >= 4 is 26.0 Å². The number of aryl methyl sites for hydroxylation is 1. The molecule has 6 heteroatoms. The smallest absolute Gasteiger partial charge is 0.339 e. The third-order valence-electron chi connectivity index (χ3n) is 2.64. The maximum Gasteiger partial charge on any atom is 0.339 e. The zero-order valence-electron chi connectivity index (χ0n) is 11.0. The number of methoxy groups -OCH3 is 1. The molecule has 0 amide bonds. The fourth-order valence-electron chi connectivity index (χ4n) is 1.57. The number of ether oxygens (including phenoxy) is 1. The second-order valence-electron chi connectivity index (χ2n) is 4.15. The summed E-state index contributed by atoms with van der Waals surface area (Å²) in [5, 5.41) is 0. The SMILES string of the molecule is COc1ccc(S(=O)(=O)Oc2ccc(C)cc2)cc1Br. The fourth-order valence-corrected chi connectivity index (χ4v) is 3.22. The molecule has 4 nitrogen and oxygen atoms in total. The van der Waals surface area contributed by atoms with E-state index in [-0.39, 0.29) is 10.6 Å². The average Bonchev–Trinajstić information content (AvgIpc) is 2.41. The molecule has 2 rings (SSSR count). The molecule has 0 fully saturated rings. The Morgan fingerprint density at radius 1 is 1.05 bits per heavy atom. The summed E-state index contributed by atoms with van der Waals surface area (Å²) in [5.41, 5.74) is 1.03. The van der Waals surface area contributed by atoms with Crippen molar-refractivity contribution in [3.63, 3.8) is 0 Å². The summed E-state index contributed by atoms with van der Waals surface area (Å²) in [6.45, 7) is 1.92. The van der Waals surface area contributed by atoms with Crippen LogP contribution in [0, 0.1) is 6.92 Å². The van der Waals surface area contributed by atoms with Crippen LogP contribution in [0.2, 0.25) is 0 Å². The van der Waals surface area contributed by atoms with Crippen molar-refractivity contribution in [3.8, 4) is 11.5 Å². The number of benzene rings is 2. The van der Waals surface area contributed by atoms with E-state index in [9.17, 15) is 8.42 Å². The standard InChI is InChI=1S/C14H13BrO4S/c1-10-3-5-11(6-4-10)19-20(16,17)12-7-8-14(18-2)13(15)9-12/h3-9H,1-2H3. The van der Waals surface area contributed by atoms with Crippen LogP contribution < -0.4 is 8.92 Å². The molecule has 0 saturated carbocycles. The topological polar surface area (TPSA) is 52.6 Å². The molecule has 0 spiro atoms. The first-order chi connectivity index (χ1) is 9.42. The van der Waals surface area contributed by atoms with Crippen LogP contribution in [0.25, 0.3) is 0 Å². The summed E-state index contributed by atoms with van der Waals surface area (Å²) in [7, 11) is -2.35. The predicted octanol–water partition coefficient (Wildman–Crippen LogP) is 3.53. The lowest BCUT2D eigenvalue weighted by molar-refractivity contribution is 0.411. The first kappa shape index (κ1) is 14.9. The molecule has 106 valence electrons. The summed E-state index contributed by atoms with van der Waals surface area (Å²) in [6, 6.07) is 11.3. The van der Waals surface area contributed by atoms with E-state index in [1.54, 1.807) is 30.3 Å². The largest absolute Gasteiger partial charge is 0.496 e. The van der Waals surface area contributed by atoms with E-state index < -0.39 is 10.1 Å². The van der Waals surface area contributed by atoms with Gasteiger partial charge in [-0.15, -0.1) is 0 Å². The first-order valence-corrected chi connectivity index (χ1v) is 7.97. The predicted molar refractivity (Wildman–Crippen MR) is 79.7 cm³/mol. The van der Waals surface area contributed by atoms with Gasteiger partial charge >= 0.3 is 10.1 Å². The Morgan fingerprint density at radius 3 is 2.25 bits per heavy atom. The number of hydrogen-bond acceptors (Lipinski definition) is 4. The molecule has 0 aliphatic rings. The van der Waals surface area contributed by atoms with Gasteiger partial charge in [0.2, 0.25) is 0 Å². The minimum absolute atomic E-state index is 0.0609. The van der Waals surface area contributed by atoms with Crippen LogP contribution >= 0.6 is 15.9 Å². The molecular weight excluding hydrogens is 344 g/mol. The molecule has 0 bridgehead atoms. The van der Waals surface area contributed by atoms with Gasteiger partial charge in [-0.1, -0.05) is 17.7 Å². The molecule has 2 aromatic carbocycles. The van der Waals surface area contributed by atoms with Gasteiger partial charge in [0.1, 0.15) is 16.4 Å². The monoisotopic (exact) mass is 356 g/mol. The second kappa shape index (κ2) is 5.85. The van der Waals surface area contributed by atoms with Crippen LogP contribution in [-0.4, -0.2) is 15.5 Å². The summed E-state index contributed by atoms with van der Waals surface area (Å²) in [5.74, 6) is 0.835. The molecule has 0 saturated heterocycles. The zero-order valence-corrected chi connectivity index (χ0v) is 13.4. The van der Waals surface area contributed by atoms with Gasteiger partial charge in [0.05, 0.1) is 11.6 Å². The molecular formula is C14H13BrO4S. The van der Waals surface area contributed by atoms with Gasteiger partial charge in [-0.3, -0.25) is 0 Å². The highest BCUT2D eigenvalue weighted by Gasteiger charge is 2.18. The van der Waals surface area contributed by atoms with Gasteiger partial charge in [0.15, 0.2) is 0 Å². The minimum atomic E-state index is -3.86. The van der Waals surface area contributed by atoms with Gasteiger partial charge < -0.3 is 8.92 Å². The van der Waals surface area contributed by atoms with E-state index in [1.807, 2.05) is 6.92 Å². The van der Waals surface area contributed by atoms with Gasteiger partial charge in [0, 0.05) is 0 Å². The molecule has 0 unspecified atom stereocenters. The van der Waals surface area contributed by atoms with E-state index >= 15 is 0 Å². The lowest BCUT2D eigenvalue weighted by Gasteiger charge is -2.09. The minimum Gasteiger partial charge on any atom is -0.496 e. The molecule has 0 aromatic heterocycles. The Morgan fingerprint density at radius 2 is 1.70 bits per heavy atom. The van der Waals surface area contributed by atoms with E-state index in [1.165, 1.54) is 19.2 Å². The van der Waals surface area contributed by atoms with E-state index in [0.29, 0.717) is 10.2 Å². The second-order valence-corrected chi connectivity index (χ2v) is 6.55. The Hall–Kier alpha value is -1.53. The summed E-state index contributed by atoms with van der Waals surface area (Å²) in [4.78, 5) is 0.0609. The molecule has 0 aliphatic heterocycles. The highest BCUT2D eigenvalue weighted by molar-refractivity contribution is 9.10. The van der Waals surface area contributed by atoms with Crippen molar-refractivity contribution in [2.24, 2.45) is 0 Å². The summed E-state index contributed by atoms with van der Waals surface area (Å²) in [6.07, 6.45) is 0. The lowest BCUT2D eigenvalue weighted by Crippen LogP contribution is -2.09. The van der Waals surface area contributed by atoms with Crippen molar-refractivity contribution < 1.29 is 17.3 Å². The van der Waals surface area contributed by atoms with E-state index in [2.05, 4.69) is 15.9 Å². The molecule has 0 aliphatic carbocycles. The van der Waals surface area contributed by atoms with Crippen LogP contribution in [0.1, 0.15) is 5.56 Å². The van der Waals surface area contributed by atoms with Gasteiger partial charge in [-0.2, -0.15) is 8.42 Å². The van der Waals surface area contributed by atoms with Crippen LogP contribution in [-0.2, 0) is 10.1 Å². The Kier molecular flexibility index (Phi) is 4.35. The van der Waals surface area contributed by atoms with Crippen molar-refractivity contribution in [2.45, 2.75) is 11.8 Å². The normalized spacial score (nSPS) is 11.2. The van der Waals surface area contributed by atoms with Crippen LogP contribution in [0.5, 0.6) is 11.5 Å². The Labute approximate surface area is 126 Å². The van der Waals surface area contributed by atoms with Crippen LogP contribution in [0.3, 0.4) is 0 Å². The molecule has 0 N–H and O–H groups in total. The Balaban J connectivity index is 2.30. The zero-order chi connectivity index (χ0) is 14.8. The maximum atomic E-state index is 12.2.